The summed E-state index contributed by atoms with van der Waals surface area (Å²) in [6, 6.07) is 0. The molecule has 6 heteroatoms. The van der Waals surface area contributed by atoms with Crippen LogP contribution in [0.2, 0.25) is 0 Å². The number of aromatic nitrogens is 5. The fourth-order valence-electron chi connectivity index (χ4n) is 1.71. The zero-order valence-electron chi connectivity index (χ0n) is 10.1. The van der Waals surface area contributed by atoms with Crippen LogP contribution in [0.1, 0.15) is 30.7 Å². The fraction of sp³-hybridized carbons (Fsp3) is 0.545. The minimum atomic E-state index is -0.572. The molecule has 2 aromatic heterocycles. The molecular formula is C11H17N5O. The van der Waals surface area contributed by atoms with Crippen LogP contribution in [0.5, 0.6) is 0 Å². The Balaban J connectivity index is 2.01. The third-order valence-corrected chi connectivity index (χ3v) is 2.54. The van der Waals surface area contributed by atoms with Gasteiger partial charge in [0.25, 0.3) is 0 Å². The second-order valence-electron chi connectivity index (χ2n) is 4.14. The highest BCUT2D eigenvalue weighted by Crippen LogP contribution is 2.16. The average molecular weight is 235 g/mol. The van der Waals surface area contributed by atoms with Gasteiger partial charge in [0.2, 0.25) is 0 Å². The minimum Gasteiger partial charge on any atom is -0.388 e. The maximum atomic E-state index is 10.0. The number of hydrogen-bond donors (Lipinski definition) is 1. The van der Waals surface area contributed by atoms with Crippen molar-refractivity contribution in [3.63, 3.8) is 0 Å². The summed E-state index contributed by atoms with van der Waals surface area (Å²) in [7, 11) is 1.81. The van der Waals surface area contributed by atoms with Crippen LogP contribution in [0.3, 0.4) is 0 Å². The van der Waals surface area contributed by atoms with Gasteiger partial charge < -0.3 is 5.11 Å². The standard InChI is InChI=1S/C11H17N5O/c1-3-4-16-7-9(6-12-16)11(17)5-10-8-15(2)14-13-10/h6-8,11,17H,3-5H2,1-2H3. The number of nitrogens with zero attached hydrogens (tertiary/aromatic N) is 5. The molecule has 0 aromatic carbocycles. The Kier molecular flexibility index (Phi) is 3.53. The lowest BCUT2D eigenvalue weighted by atomic mass is 10.1. The molecule has 17 heavy (non-hydrogen) atoms. The summed E-state index contributed by atoms with van der Waals surface area (Å²) in [6.45, 7) is 2.97. The predicted octanol–water partition coefficient (Wildman–Crippen LogP) is 0.698. The maximum absolute atomic E-state index is 10.0. The van der Waals surface area contributed by atoms with E-state index in [1.807, 2.05) is 17.9 Å². The molecule has 2 rings (SSSR count). The summed E-state index contributed by atoms with van der Waals surface area (Å²) in [6.07, 6.45) is 6.31. The van der Waals surface area contributed by atoms with Gasteiger partial charge in [-0.05, 0) is 6.42 Å². The molecule has 0 aliphatic rings. The molecule has 1 atom stereocenters. The molecule has 1 unspecified atom stereocenters. The first kappa shape index (κ1) is 11.8. The lowest BCUT2D eigenvalue weighted by molar-refractivity contribution is 0.177. The first-order chi connectivity index (χ1) is 8.19. The van der Waals surface area contributed by atoms with Crippen LogP contribution >= 0.6 is 0 Å². The minimum absolute atomic E-state index is 0.464. The van der Waals surface area contributed by atoms with Gasteiger partial charge in [-0.15, -0.1) is 5.10 Å². The Morgan fingerprint density at radius 3 is 2.88 bits per heavy atom. The molecule has 0 saturated heterocycles. The second kappa shape index (κ2) is 5.09. The molecule has 0 spiro atoms. The van der Waals surface area contributed by atoms with Crippen molar-refractivity contribution in [2.75, 3.05) is 0 Å². The van der Waals surface area contributed by atoms with E-state index in [0.29, 0.717) is 6.42 Å². The van der Waals surface area contributed by atoms with E-state index in [1.165, 1.54) is 0 Å². The second-order valence-corrected chi connectivity index (χ2v) is 4.14. The monoisotopic (exact) mass is 235 g/mol. The molecular weight excluding hydrogens is 218 g/mol. The van der Waals surface area contributed by atoms with Gasteiger partial charge in [-0.3, -0.25) is 9.36 Å². The molecule has 0 aliphatic heterocycles. The van der Waals surface area contributed by atoms with E-state index < -0.39 is 6.10 Å². The van der Waals surface area contributed by atoms with E-state index in [9.17, 15) is 5.11 Å². The molecule has 2 aromatic rings. The SMILES string of the molecule is CCCn1cc(C(O)Cc2cn(C)nn2)cn1. The van der Waals surface area contributed by atoms with Crippen molar-refractivity contribution in [2.24, 2.45) is 7.05 Å². The zero-order valence-corrected chi connectivity index (χ0v) is 10.1. The third kappa shape index (κ3) is 2.91. The van der Waals surface area contributed by atoms with E-state index in [2.05, 4.69) is 22.3 Å². The van der Waals surface area contributed by atoms with Gasteiger partial charge in [-0.1, -0.05) is 12.1 Å². The van der Waals surface area contributed by atoms with Crippen molar-refractivity contribution in [2.45, 2.75) is 32.4 Å². The molecule has 0 radical (unpaired) electrons. The maximum Gasteiger partial charge on any atom is 0.0877 e. The van der Waals surface area contributed by atoms with Crippen LogP contribution in [0.25, 0.3) is 0 Å². The summed E-state index contributed by atoms with van der Waals surface area (Å²) in [4.78, 5) is 0. The molecule has 0 fully saturated rings. The fourth-order valence-corrected chi connectivity index (χ4v) is 1.71. The number of rotatable bonds is 5. The Morgan fingerprint density at radius 2 is 2.24 bits per heavy atom. The summed E-state index contributed by atoms with van der Waals surface area (Å²) in [5.74, 6) is 0. The molecule has 2 heterocycles. The molecule has 1 N–H and O–H groups in total. The zero-order chi connectivity index (χ0) is 12.3. The van der Waals surface area contributed by atoms with Crippen molar-refractivity contribution in [3.05, 3.63) is 29.8 Å². The van der Waals surface area contributed by atoms with Crippen molar-refractivity contribution < 1.29 is 5.11 Å². The summed E-state index contributed by atoms with van der Waals surface area (Å²) in [5, 5.41) is 22.0. The normalized spacial score (nSPS) is 12.9. The van der Waals surface area contributed by atoms with Gasteiger partial charge in [0, 0.05) is 38.0 Å². The smallest absolute Gasteiger partial charge is 0.0877 e. The molecule has 0 amide bonds. The predicted molar refractivity (Wildman–Crippen MR) is 62.2 cm³/mol. The van der Waals surface area contributed by atoms with Crippen LogP contribution in [0.15, 0.2) is 18.6 Å². The first-order valence-electron chi connectivity index (χ1n) is 5.74. The number of aryl methyl sites for hydroxylation is 2. The van der Waals surface area contributed by atoms with Crippen LogP contribution in [-0.2, 0) is 20.0 Å². The highest BCUT2D eigenvalue weighted by molar-refractivity contribution is 5.11. The van der Waals surface area contributed by atoms with Crippen LogP contribution < -0.4 is 0 Å². The van der Waals surface area contributed by atoms with Crippen molar-refractivity contribution >= 4 is 0 Å². The largest absolute Gasteiger partial charge is 0.388 e. The molecule has 0 bridgehead atoms. The third-order valence-electron chi connectivity index (χ3n) is 2.54. The van der Waals surface area contributed by atoms with Crippen molar-refractivity contribution in [1.29, 1.82) is 0 Å². The van der Waals surface area contributed by atoms with Crippen LogP contribution in [0.4, 0.5) is 0 Å². The molecule has 6 nitrogen and oxygen atoms in total. The van der Waals surface area contributed by atoms with Crippen molar-refractivity contribution in [1.82, 2.24) is 24.8 Å². The van der Waals surface area contributed by atoms with Gasteiger partial charge in [-0.25, -0.2) is 0 Å². The summed E-state index contributed by atoms with van der Waals surface area (Å²) < 4.78 is 3.47. The van der Waals surface area contributed by atoms with Gasteiger partial charge >= 0.3 is 0 Å². The lowest BCUT2D eigenvalue weighted by Gasteiger charge is -2.04. The lowest BCUT2D eigenvalue weighted by Crippen LogP contribution is -2.01. The van der Waals surface area contributed by atoms with Gasteiger partial charge in [0.15, 0.2) is 0 Å². The van der Waals surface area contributed by atoms with Crippen LogP contribution in [-0.4, -0.2) is 29.9 Å². The number of aliphatic hydroxyl groups excluding tert-OH is 1. The van der Waals surface area contributed by atoms with Crippen LogP contribution in [0, 0.1) is 0 Å². The molecule has 92 valence electrons. The Bertz CT molecular complexity index is 476. The number of hydrogen-bond acceptors (Lipinski definition) is 4. The summed E-state index contributed by atoms with van der Waals surface area (Å²) in [5.41, 5.74) is 1.60. The first-order valence-corrected chi connectivity index (χ1v) is 5.74. The van der Waals surface area contributed by atoms with E-state index in [1.54, 1.807) is 17.1 Å². The van der Waals surface area contributed by atoms with E-state index in [0.717, 1.165) is 24.2 Å². The quantitative estimate of drug-likeness (QED) is 0.828. The van der Waals surface area contributed by atoms with E-state index in [4.69, 9.17) is 0 Å². The molecule has 0 saturated carbocycles. The Morgan fingerprint density at radius 1 is 1.41 bits per heavy atom. The highest BCUT2D eigenvalue weighted by atomic mass is 16.3. The Hall–Kier alpha value is -1.69. The van der Waals surface area contributed by atoms with Gasteiger partial charge in [-0.2, -0.15) is 5.10 Å². The van der Waals surface area contributed by atoms with Gasteiger partial charge in [0.1, 0.15) is 0 Å². The molecule has 0 aliphatic carbocycles. The summed E-state index contributed by atoms with van der Waals surface area (Å²) >= 11 is 0. The van der Waals surface area contributed by atoms with Crippen molar-refractivity contribution in [3.8, 4) is 0 Å². The Labute approximate surface area is 99.9 Å². The van der Waals surface area contributed by atoms with E-state index in [-0.39, 0.29) is 0 Å². The van der Waals surface area contributed by atoms with E-state index >= 15 is 0 Å². The average Bonchev–Trinajstić information content (AvgIpc) is 2.88. The highest BCUT2D eigenvalue weighted by Gasteiger charge is 2.12. The topological polar surface area (TPSA) is 68.8 Å². The number of aliphatic hydroxyl groups is 1. The van der Waals surface area contributed by atoms with Gasteiger partial charge in [0.05, 0.1) is 18.0 Å².